The van der Waals surface area contributed by atoms with Crippen LogP contribution in [0.15, 0.2) is 22.7 Å². The van der Waals surface area contributed by atoms with E-state index in [-0.39, 0.29) is 5.84 Å². The summed E-state index contributed by atoms with van der Waals surface area (Å²) >= 11 is 3.50. The van der Waals surface area contributed by atoms with Gasteiger partial charge in [-0.1, -0.05) is 6.92 Å². The third-order valence-electron chi connectivity index (χ3n) is 3.71. The summed E-state index contributed by atoms with van der Waals surface area (Å²) in [7, 11) is 0. The van der Waals surface area contributed by atoms with Crippen LogP contribution >= 0.6 is 15.9 Å². The van der Waals surface area contributed by atoms with Gasteiger partial charge in [-0.3, -0.25) is 5.41 Å². The summed E-state index contributed by atoms with van der Waals surface area (Å²) in [5.74, 6) is 0.921. The van der Waals surface area contributed by atoms with Crippen LogP contribution in [-0.2, 0) is 0 Å². The third-order valence-corrected chi connectivity index (χ3v) is 4.37. The van der Waals surface area contributed by atoms with Crippen LogP contribution in [0.25, 0.3) is 0 Å². The van der Waals surface area contributed by atoms with Crippen LogP contribution in [0.2, 0.25) is 0 Å². The zero-order valence-electron chi connectivity index (χ0n) is 10.9. The Morgan fingerprint density at radius 1 is 1.44 bits per heavy atom. The molecule has 2 unspecified atom stereocenters. The number of nitrogen functional groups attached to an aromatic ring is 1. The molecule has 4 heteroatoms. The van der Waals surface area contributed by atoms with Crippen LogP contribution in [0.1, 0.15) is 32.3 Å². The summed E-state index contributed by atoms with van der Waals surface area (Å²) in [6.07, 6.45) is 2.49. The van der Waals surface area contributed by atoms with Gasteiger partial charge in [0.2, 0.25) is 0 Å². The van der Waals surface area contributed by atoms with Crippen LogP contribution in [0.4, 0.5) is 5.69 Å². The van der Waals surface area contributed by atoms with E-state index in [0.717, 1.165) is 22.5 Å². The summed E-state index contributed by atoms with van der Waals surface area (Å²) in [6, 6.07) is 6.63. The van der Waals surface area contributed by atoms with Crippen molar-refractivity contribution in [2.45, 2.75) is 32.7 Å². The van der Waals surface area contributed by atoms with Gasteiger partial charge in [0, 0.05) is 28.3 Å². The summed E-state index contributed by atoms with van der Waals surface area (Å²) in [5.41, 5.74) is 7.50. The molecular formula is C14H20BrN3. The SMILES string of the molecule is CC1CCN(c2ccc(C(=N)N)c(Br)c2)C(C)C1. The number of rotatable bonds is 2. The molecule has 18 heavy (non-hydrogen) atoms. The fraction of sp³-hybridized carbons (Fsp3) is 0.500. The molecule has 2 atom stereocenters. The first-order valence-electron chi connectivity index (χ1n) is 6.39. The summed E-state index contributed by atoms with van der Waals surface area (Å²) < 4.78 is 0.901. The van der Waals surface area contributed by atoms with Crippen molar-refractivity contribution in [2.24, 2.45) is 11.7 Å². The Balaban J connectivity index is 2.24. The minimum atomic E-state index is 0.105. The molecule has 0 amide bonds. The van der Waals surface area contributed by atoms with Gasteiger partial charge in [-0.2, -0.15) is 0 Å². The number of hydrogen-bond donors (Lipinski definition) is 2. The van der Waals surface area contributed by atoms with Crippen molar-refractivity contribution < 1.29 is 0 Å². The quantitative estimate of drug-likeness (QED) is 0.650. The Labute approximate surface area is 117 Å². The number of hydrogen-bond acceptors (Lipinski definition) is 2. The largest absolute Gasteiger partial charge is 0.384 e. The topological polar surface area (TPSA) is 53.1 Å². The van der Waals surface area contributed by atoms with E-state index in [1.807, 2.05) is 6.07 Å². The van der Waals surface area contributed by atoms with E-state index in [2.05, 4.69) is 46.8 Å². The van der Waals surface area contributed by atoms with Gasteiger partial charge >= 0.3 is 0 Å². The molecule has 98 valence electrons. The van der Waals surface area contributed by atoms with Gasteiger partial charge in [0.15, 0.2) is 0 Å². The standard InChI is InChI=1S/C14H20BrN3/c1-9-5-6-18(10(2)7-9)11-3-4-12(14(16)17)13(15)8-11/h3-4,8-10H,5-7H2,1-2H3,(H3,16,17). The van der Waals surface area contributed by atoms with Crippen molar-refractivity contribution in [1.29, 1.82) is 5.41 Å². The average Bonchev–Trinajstić information content (AvgIpc) is 2.28. The predicted molar refractivity (Wildman–Crippen MR) is 80.4 cm³/mol. The van der Waals surface area contributed by atoms with Crippen molar-refractivity contribution in [3.8, 4) is 0 Å². The highest BCUT2D eigenvalue weighted by molar-refractivity contribution is 9.10. The van der Waals surface area contributed by atoms with Crippen LogP contribution < -0.4 is 10.6 Å². The molecule has 3 N–H and O–H groups in total. The summed E-state index contributed by atoms with van der Waals surface area (Å²) in [5, 5.41) is 7.49. The lowest BCUT2D eigenvalue weighted by molar-refractivity contribution is 0.378. The molecule has 1 aliphatic rings. The van der Waals surface area contributed by atoms with Crippen molar-refractivity contribution in [2.75, 3.05) is 11.4 Å². The smallest absolute Gasteiger partial charge is 0.123 e. The second-order valence-electron chi connectivity index (χ2n) is 5.25. The number of nitrogens with one attached hydrogen (secondary N) is 1. The van der Waals surface area contributed by atoms with Gasteiger partial charge < -0.3 is 10.6 Å². The molecule has 1 saturated heterocycles. The highest BCUT2D eigenvalue weighted by atomic mass is 79.9. The molecule has 1 fully saturated rings. The molecule has 0 radical (unpaired) electrons. The van der Waals surface area contributed by atoms with Crippen LogP contribution in [-0.4, -0.2) is 18.4 Å². The molecule has 1 aromatic rings. The number of benzene rings is 1. The first kappa shape index (κ1) is 13.4. The van der Waals surface area contributed by atoms with Crippen molar-refractivity contribution in [3.63, 3.8) is 0 Å². The van der Waals surface area contributed by atoms with Crippen LogP contribution in [0, 0.1) is 11.3 Å². The number of nitrogens with zero attached hydrogens (tertiary/aromatic N) is 1. The van der Waals surface area contributed by atoms with E-state index >= 15 is 0 Å². The third kappa shape index (κ3) is 2.69. The molecule has 3 nitrogen and oxygen atoms in total. The molecule has 0 spiro atoms. The van der Waals surface area contributed by atoms with Crippen LogP contribution in [0.5, 0.6) is 0 Å². The highest BCUT2D eigenvalue weighted by Crippen LogP contribution is 2.30. The fourth-order valence-corrected chi connectivity index (χ4v) is 3.27. The Kier molecular flexibility index (Phi) is 3.95. The zero-order chi connectivity index (χ0) is 13.3. The van der Waals surface area contributed by atoms with E-state index in [4.69, 9.17) is 11.1 Å². The van der Waals surface area contributed by atoms with E-state index < -0.39 is 0 Å². The second-order valence-corrected chi connectivity index (χ2v) is 6.10. The maximum absolute atomic E-state index is 7.49. The number of halogens is 1. The van der Waals surface area contributed by atoms with Gasteiger partial charge in [0.05, 0.1) is 0 Å². The Morgan fingerprint density at radius 3 is 2.72 bits per heavy atom. The molecule has 2 rings (SSSR count). The normalized spacial score (nSPS) is 24.1. The number of piperidine rings is 1. The Morgan fingerprint density at radius 2 is 2.17 bits per heavy atom. The van der Waals surface area contributed by atoms with Gasteiger partial charge in [-0.05, 0) is 59.8 Å². The lowest BCUT2D eigenvalue weighted by Crippen LogP contribution is -2.40. The van der Waals surface area contributed by atoms with Gasteiger partial charge in [-0.15, -0.1) is 0 Å². The predicted octanol–water partition coefficient (Wildman–Crippen LogP) is 3.36. The van der Waals surface area contributed by atoms with Gasteiger partial charge in [0.1, 0.15) is 5.84 Å². The van der Waals surface area contributed by atoms with E-state index in [0.29, 0.717) is 6.04 Å². The molecular weight excluding hydrogens is 290 g/mol. The number of anilines is 1. The first-order chi connectivity index (χ1) is 8.49. The molecule has 0 saturated carbocycles. The number of nitrogens with two attached hydrogens (primary N) is 1. The molecule has 1 aromatic carbocycles. The number of amidine groups is 1. The molecule has 0 bridgehead atoms. The minimum absolute atomic E-state index is 0.105. The van der Waals surface area contributed by atoms with Crippen molar-refractivity contribution in [3.05, 3.63) is 28.2 Å². The molecule has 1 heterocycles. The molecule has 1 aliphatic heterocycles. The van der Waals surface area contributed by atoms with Crippen LogP contribution in [0.3, 0.4) is 0 Å². The second kappa shape index (κ2) is 5.31. The molecule has 0 aliphatic carbocycles. The lowest BCUT2D eigenvalue weighted by Gasteiger charge is -2.38. The maximum Gasteiger partial charge on any atom is 0.123 e. The Bertz CT molecular complexity index is 458. The fourth-order valence-electron chi connectivity index (χ4n) is 2.69. The molecule has 0 aromatic heterocycles. The first-order valence-corrected chi connectivity index (χ1v) is 7.19. The maximum atomic E-state index is 7.49. The monoisotopic (exact) mass is 309 g/mol. The van der Waals surface area contributed by atoms with Crippen molar-refractivity contribution >= 4 is 27.5 Å². The van der Waals surface area contributed by atoms with Gasteiger partial charge in [0.25, 0.3) is 0 Å². The van der Waals surface area contributed by atoms with E-state index in [9.17, 15) is 0 Å². The summed E-state index contributed by atoms with van der Waals surface area (Å²) in [4.78, 5) is 2.44. The van der Waals surface area contributed by atoms with Crippen molar-refractivity contribution in [1.82, 2.24) is 0 Å². The average molecular weight is 310 g/mol. The minimum Gasteiger partial charge on any atom is -0.384 e. The van der Waals surface area contributed by atoms with Gasteiger partial charge in [-0.25, -0.2) is 0 Å². The Hall–Kier alpha value is -1.03. The lowest BCUT2D eigenvalue weighted by atomic mass is 9.93. The summed E-state index contributed by atoms with van der Waals surface area (Å²) in [6.45, 7) is 5.71. The van der Waals surface area contributed by atoms with E-state index in [1.54, 1.807) is 0 Å². The highest BCUT2D eigenvalue weighted by Gasteiger charge is 2.23. The zero-order valence-corrected chi connectivity index (χ0v) is 12.5. The van der Waals surface area contributed by atoms with E-state index in [1.165, 1.54) is 18.5 Å².